The van der Waals surface area contributed by atoms with Crippen molar-refractivity contribution in [2.45, 2.75) is 37.4 Å². The molecule has 2 bridgehead atoms. The van der Waals surface area contributed by atoms with Gasteiger partial charge in [-0.25, -0.2) is 8.78 Å². The van der Waals surface area contributed by atoms with E-state index in [0.29, 0.717) is 18.0 Å². The summed E-state index contributed by atoms with van der Waals surface area (Å²) in [6, 6.07) is 15.5. The van der Waals surface area contributed by atoms with E-state index in [1.54, 1.807) is 12.1 Å². The molecule has 0 saturated carbocycles. The first-order valence-electron chi connectivity index (χ1n) is 9.67. The zero-order chi connectivity index (χ0) is 17.7. The lowest BCUT2D eigenvalue weighted by molar-refractivity contribution is -0.00871. The van der Waals surface area contributed by atoms with Crippen molar-refractivity contribution in [1.29, 1.82) is 0 Å². The molecule has 0 radical (unpaired) electrons. The lowest BCUT2D eigenvalue weighted by Gasteiger charge is -2.51. The SMILES string of the molecule is Fc1cc(F)cc([C@@H]2CN(Cc3ccccc3)[C@H]3C4CCN(CC4)[C@@H]23)c1. The van der Waals surface area contributed by atoms with Crippen LogP contribution in [0, 0.1) is 17.6 Å². The number of hydrogen-bond donors (Lipinski definition) is 0. The Balaban J connectivity index is 1.50. The molecule has 4 saturated heterocycles. The Morgan fingerprint density at radius 2 is 1.58 bits per heavy atom. The van der Waals surface area contributed by atoms with E-state index in [1.807, 2.05) is 6.07 Å². The zero-order valence-electron chi connectivity index (χ0n) is 14.8. The lowest BCUT2D eigenvalue weighted by atomic mass is 9.75. The summed E-state index contributed by atoms with van der Waals surface area (Å²) in [5.41, 5.74) is 2.13. The minimum absolute atomic E-state index is 0.178. The lowest BCUT2D eigenvalue weighted by Crippen LogP contribution is -2.59. The van der Waals surface area contributed by atoms with Crippen LogP contribution in [0.4, 0.5) is 8.78 Å². The van der Waals surface area contributed by atoms with Gasteiger partial charge < -0.3 is 0 Å². The Kier molecular flexibility index (Phi) is 4.06. The fourth-order valence-corrected chi connectivity index (χ4v) is 5.62. The third-order valence-corrected chi connectivity index (χ3v) is 6.64. The van der Waals surface area contributed by atoms with Crippen LogP contribution in [0.2, 0.25) is 0 Å². The van der Waals surface area contributed by atoms with E-state index in [1.165, 1.54) is 18.4 Å². The molecular weight excluding hydrogens is 330 g/mol. The average molecular weight is 354 g/mol. The summed E-state index contributed by atoms with van der Waals surface area (Å²) in [5.74, 6) is -0.0443. The summed E-state index contributed by atoms with van der Waals surface area (Å²) in [6.07, 6.45) is 2.49. The van der Waals surface area contributed by atoms with Crippen LogP contribution in [-0.4, -0.2) is 41.5 Å². The second kappa shape index (κ2) is 6.43. The Labute approximate surface area is 153 Å². The largest absolute Gasteiger partial charge is 0.298 e. The molecule has 6 rings (SSSR count). The van der Waals surface area contributed by atoms with Crippen molar-refractivity contribution < 1.29 is 8.78 Å². The quantitative estimate of drug-likeness (QED) is 0.821. The molecule has 2 aromatic carbocycles. The van der Waals surface area contributed by atoms with Crippen LogP contribution in [0.1, 0.15) is 29.9 Å². The number of benzene rings is 2. The summed E-state index contributed by atoms with van der Waals surface area (Å²) < 4.78 is 27.7. The van der Waals surface area contributed by atoms with E-state index in [-0.39, 0.29) is 5.92 Å². The molecule has 0 spiro atoms. The van der Waals surface area contributed by atoms with Crippen molar-refractivity contribution >= 4 is 0 Å². The molecule has 0 N–H and O–H groups in total. The topological polar surface area (TPSA) is 6.48 Å². The van der Waals surface area contributed by atoms with Gasteiger partial charge in [0.15, 0.2) is 0 Å². The summed E-state index contributed by atoms with van der Waals surface area (Å²) in [5, 5.41) is 0. The van der Waals surface area contributed by atoms with Gasteiger partial charge in [-0.15, -0.1) is 0 Å². The molecule has 4 fully saturated rings. The van der Waals surface area contributed by atoms with Gasteiger partial charge in [0.1, 0.15) is 11.6 Å². The standard InChI is InChI=1S/C22H24F2N2/c23-18-10-17(11-19(24)12-18)20-14-26(13-15-4-2-1-3-5-15)21-16-6-8-25(9-7-16)22(20)21/h1-5,10-12,16,20-22H,6-9,13-14H2/t20-,21-,22-/m0/s1. The third kappa shape index (κ3) is 2.76. The molecule has 4 heterocycles. The number of halogens is 2. The maximum Gasteiger partial charge on any atom is 0.126 e. The first-order chi connectivity index (χ1) is 12.7. The molecule has 0 amide bonds. The fourth-order valence-electron chi connectivity index (χ4n) is 5.62. The number of rotatable bonds is 3. The highest BCUT2D eigenvalue weighted by Gasteiger charge is 2.53. The minimum Gasteiger partial charge on any atom is -0.298 e. The van der Waals surface area contributed by atoms with E-state index in [4.69, 9.17) is 0 Å². The van der Waals surface area contributed by atoms with E-state index in [0.717, 1.165) is 37.8 Å². The average Bonchev–Trinajstić information content (AvgIpc) is 3.04. The van der Waals surface area contributed by atoms with Crippen molar-refractivity contribution in [2.24, 2.45) is 5.92 Å². The van der Waals surface area contributed by atoms with Crippen LogP contribution in [0.5, 0.6) is 0 Å². The van der Waals surface area contributed by atoms with Crippen molar-refractivity contribution in [3.8, 4) is 0 Å². The van der Waals surface area contributed by atoms with Gasteiger partial charge in [-0.3, -0.25) is 9.80 Å². The molecule has 0 aliphatic carbocycles. The van der Waals surface area contributed by atoms with Gasteiger partial charge in [-0.05, 0) is 55.1 Å². The van der Waals surface area contributed by atoms with Crippen LogP contribution in [0.3, 0.4) is 0 Å². The number of piperidine rings is 3. The zero-order valence-corrected chi connectivity index (χ0v) is 14.8. The number of likely N-dealkylation sites (tertiary alicyclic amines) is 1. The van der Waals surface area contributed by atoms with E-state index < -0.39 is 11.6 Å². The van der Waals surface area contributed by atoms with Gasteiger partial charge in [0, 0.05) is 37.2 Å². The van der Waals surface area contributed by atoms with Gasteiger partial charge in [-0.1, -0.05) is 30.3 Å². The van der Waals surface area contributed by atoms with E-state index in [2.05, 4.69) is 34.1 Å². The van der Waals surface area contributed by atoms with Crippen LogP contribution >= 0.6 is 0 Å². The molecule has 3 atom stereocenters. The molecule has 26 heavy (non-hydrogen) atoms. The highest BCUT2D eigenvalue weighted by atomic mass is 19.1. The molecular formula is C22H24F2N2. The van der Waals surface area contributed by atoms with Gasteiger partial charge in [0.25, 0.3) is 0 Å². The van der Waals surface area contributed by atoms with E-state index >= 15 is 0 Å². The molecule has 0 aromatic heterocycles. The Bertz CT molecular complexity index is 766. The summed E-state index contributed by atoms with van der Waals surface area (Å²) in [7, 11) is 0. The predicted molar refractivity (Wildman–Crippen MR) is 97.8 cm³/mol. The fraction of sp³-hybridized carbons (Fsp3) is 0.455. The highest BCUT2D eigenvalue weighted by Crippen LogP contribution is 2.47. The molecule has 4 aliphatic heterocycles. The Morgan fingerprint density at radius 3 is 2.27 bits per heavy atom. The smallest absolute Gasteiger partial charge is 0.126 e. The maximum atomic E-state index is 13.9. The third-order valence-electron chi connectivity index (χ3n) is 6.64. The van der Waals surface area contributed by atoms with Crippen molar-refractivity contribution in [3.63, 3.8) is 0 Å². The first kappa shape index (κ1) is 16.4. The Hall–Kier alpha value is -1.78. The van der Waals surface area contributed by atoms with Crippen LogP contribution in [-0.2, 0) is 6.54 Å². The van der Waals surface area contributed by atoms with Gasteiger partial charge in [0.05, 0.1) is 0 Å². The normalized spacial score (nSPS) is 33.4. The van der Waals surface area contributed by atoms with Crippen molar-refractivity contribution in [1.82, 2.24) is 9.80 Å². The molecule has 4 aliphatic rings. The summed E-state index contributed by atoms with van der Waals surface area (Å²) in [4.78, 5) is 5.15. The van der Waals surface area contributed by atoms with E-state index in [9.17, 15) is 8.78 Å². The van der Waals surface area contributed by atoms with Crippen molar-refractivity contribution in [3.05, 3.63) is 71.3 Å². The molecule has 0 unspecified atom stereocenters. The molecule has 136 valence electrons. The van der Waals surface area contributed by atoms with Crippen molar-refractivity contribution in [2.75, 3.05) is 19.6 Å². The van der Waals surface area contributed by atoms with Crippen LogP contribution in [0.15, 0.2) is 48.5 Å². The summed E-state index contributed by atoms with van der Waals surface area (Å²) in [6.45, 7) is 4.04. The second-order valence-electron chi connectivity index (χ2n) is 8.08. The number of hydrogen-bond acceptors (Lipinski definition) is 2. The van der Waals surface area contributed by atoms with Crippen LogP contribution < -0.4 is 0 Å². The van der Waals surface area contributed by atoms with Gasteiger partial charge in [-0.2, -0.15) is 0 Å². The van der Waals surface area contributed by atoms with Gasteiger partial charge >= 0.3 is 0 Å². The minimum atomic E-state index is -0.464. The number of nitrogens with zero attached hydrogens (tertiary/aromatic N) is 2. The maximum absolute atomic E-state index is 13.9. The predicted octanol–water partition coefficient (Wildman–Crippen LogP) is 4.03. The second-order valence-corrected chi connectivity index (χ2v) is 8.08. The number of fused-ring (bicyclic) bond motifs is 2. The molecule has 2 nitrogen and oxygen atoms in total. The van der Waals surface area contributed by atoms with Gasteiger partial charge in [0.2, 0.25) is 0 Å². The molecule has 2 aromatic rings. The monoisotopic (exact) mass is 354 g/mol. The Morgan fingerprint density at radius 1 is 0.885 bits per heavy atom. The summed E-state index contributed by atoms with van der Waals surface area (Å²) >= 11 is 0. The first-order valence-corrected chi connectivity index (χ1v) is 9.67. The van der Waals surface area contributed by atoms with Crippen LogP contribution in [0.25, 0.3) is 0 Å². The molecule has 4 heteroatoms. The highest BCUT2D eigenvalue weighted by molar-refractivity contribution is 5.29.